The number of para-hydroxylation sites is 1. The first-order valence-electron chi connectivity index (χ1n) is 8.43. The fourth-order valence-corrected chi connectivity index (χ4v) is 2.28. The minimum Gasteiger partial charge on any atom is -0.385 e. The topological polar surface area (TPSA) is 63.5 Å². The molecule has 0 spiro atoms. The first kappa shape index (κ1) is 21.4. The Morgan fingerprint density at radius 2 is 2.04 bits per heavy atom. The number of guanidine groups is 1. The smallest absolute Gasteiger partial charge is 0.191 e. The molecule has 0 radical (unpaired) electrons. The standard InChI is InChI=1S/C18H27N5O.HI/c1-3-19-18(20-11-7-13-24-2)21-12-10-16-14-22-23(15-16)17-8-5-4-6-9-17;/h4-6,8-9,14-15H,3,7,10-13H2,1-2H3,(H2,19,20,21);1H. The number of hydrogen-bond donors (Lipinski definition) is 2. The van der Waals surface area contributed by atoms with Gasteiger partial charge in [-0.3, -0.25) is 4.99 Å². The highest BCUT2D eigenvalue weighted by Crippen LogP contribution is 2.07. The highest BCUT2D eigenvalue weighted by molar-refractivity contribution is 14.0. The largest absolute Gasteiger partial charge is 0.385 e. The monoisotopic (exact) mass is 457 g/mol. The number of aromatic nitrogens is 2. The summed E-state index contributed by atoms with van der Waals surface area (Å²) >= 11 is 0. The number of benzene rings is 1. The van der Waals surface area contributed by atoms with Gasteiger partial charge in [-0.2, -0.15) is 5.10 Å². The summed E-state index contributed by atoms with van der Waals surface area (Å²) in [4.78, 5) is 4.53. The van der Waals surface area contributed by atoms with E-state index in [0.717, 1.165) is 50.7 Å². The predicted molar refractivity (Wildman–Crippen MR) is 113 cm³/mol. The van der Waals surface area contributed by atoms with Gasteiger partial charge >= 0.3 is 0 Å². The van der Waals surface area contributed by atoms with E-state index >= 15 is 0 Å². The van der Waals surface area contributed by atoms with Crippen LogP contribution in [0.15, 0.2) is 47.7 Å². The van der Waals surface area contributed by atoms with Crippen LogP contribution in [-0.2, 0) is 11.2 Å². The normalized spacial score (nSPS) is 11.0. The fraction of sp³-hybridized carbons (Fsp3) is 0.444. The van der Waals surface area contributed by atoms with Crippen molar-refractivity contribution >= 4 is 29.9 Å². The van der Waals surface area contributed by atoms with Crippen LogP contribution in [0.2, 0.25) is 0 Å². The molecule has 0 atom stereocenters. The summed E-state index contributed by atoms with van der Waals surface area (Å²) in [5, 5.41) is 11.0. The molecule has 1 heterocycles. The highest BCUT2D eigenvalue weighted by atomic mass is 127. The zero-order valence-electron chi connectivity index (χ0n) is 14.9. The van der Waals surface area contributed by atoms with Gasteiger partial charge in [0.25, 0.3) is 0 Å². The number of hydrogen-bond acceptors (Lipinski definition) is 3. The van der Waals surface area contributed by atoms with Crippen molar-refractivity contribution in [3.05, 3.63) is 48.3 Å². The molecule has 0 bridgehead atoms. The molecule has 1 aromatic carbocycles. The third-order valence-electron chi connectivity index (χ3n) is 3.48. The summed E-state index contributed by atoms with van der Waals surface area (Å²) in [5.74, 6) is 0.851. The Balaban J connectivity index is 0.00000312. The van der Waals surface area contributed by atoms with Crippen LogP contribution in [-0.4, -0.2) is 49.1 Å². The molecule has 138 valence electrons. The number of rotatable bonds is 9. The average Bonchev–Trinajstić information content (AvgIpc) is 3.08. The second-order valence-corrected chi connectivity index (χ2v) is 5.41. The van der Waals surface area contributed by atoms with Gasteiger partial charge in [0.05, 0.1) is 11.9 Å². The Labute approximate surface area is 167 Å². The quantitative estimate of drug-likeness (QED) is 0.263. The van der Waals surface area contributed by atoms with Gasteiger partial charge in [0, 0.05) is 39.5 Å². The molecule has 0 aliphatic heterocycles. The van der Waals surface area contributed by atoms with Gasteiger partial charge in [-0.05, 0) is 37.5 Å². The number of halogens is 1. The van der Waals surface area contributed by atoms with Crippen molar-refractivity contribution in [2.24, 2.45) is 4.99 Å². The molecule has 2 rings (SSSR count). The van der Waals surface area contributed by atoms with E-state index in [-0.39, 0.29) is 24.0 Å². The molecule has 0 fully saturated rings. The van der Waals surface area contributed by atoms with Gasteiger partial charge in [0.2, 0.25) is 0 Å². The molecule has 2 N–H and O–H groups in total. The van der Waals surface area contributed by atoms with Crippen LogP contribution in [0.4, 0.5) is 0 Å². The molecule has 1 aromatic heterocycles. The summed E-state index contributed by atoms with van der Waals surface area (Å²) in [7, 11) is 1.71. The van der Waals surface area contributed by atoms with Crippen LogP contribution in [0.5, 0.6) is 0 Å². The van der Waals surface area contributed by atoms with Crippen molar-refractivity contribution in [2.75, 3.05) is 33.4 Å². The van der Waals surface area contributed by atoms with Crippen LogP contribution in [0.1, 0.15) is 18.9 Å². The Bertz CT molecular complexity index is 615. The highest BCUT2D eigenvalue weighted by Gasteiger charge is 2.02. The fourth-order valence-electron chi connectivity index (χ4n) is 2.28. The lowest BCUT2D eigenvalue weighted by Gasteiger charge is -2.10. The van der Waals surface area contributed by atoms with E-state index in [4.69, 9.17) is 4.74 Å². The van der Waals surface area contributed by atoms with Crippen molar-refractivity contribution in [1.29, 1.82) is 0 Å². The molecular formula is C18H28IN5O. The lowest BCUT2D eigenvalue weighted by molar-refractivity contribution is 0.197. The van der Waals surface area contributed by atoms with Crippen LogP contribution in [0.25, 0.3) is 5.69 Å². The zero-order valence-corrected chi connectivity index (χ0v) is 17.3. The van der Waals surface area contributed by atoms with Gasteiger partial charge in [0.1, 0.15) is 0 Å². The molecule has 25 heavy (non-hydrogen) atoms. The van der Waals surface area contributed by atoms with E-state index in [1.54, 1.807) is 7.11 Å². The van der Waals surface area contributed by atoms with E-state index in [1.807, 2.05) is 41.2 Å². The van der Waals surface area contributed by atoms with Crippen LogP contribution in [0.3, 0.4) is 0 Å². The Kier molecular flexibility index (Phi) is 10.9. The van der Waals surface area contributed by atoms with Crippen molar-refractivity contribution in [3.63, 3.8) is 0 Å². The molecule has 0 aliphatic rings. The maximum absolute atomic E-state index is 5.04. The van der Waals surface area contributed by atoms with Crippen molar-refractivity contribution in [3.8, 4) is 5.69 Å². The second kappa shape index (κ2) is 12.7. The number of nitrogens with one attached hydrogen (secondary N) is 2. The van der Waals surface area contributed by atoms with Gasteiger partial charge < -0.3 is 15.4 Å². The summed E-state index contributed by atoms with van der Waals surface area (Å²) < 4.78 is 6.94. The van der Waals surface area contributed by atoms with E-state index < -0.39 is 0 Å². The van der Waals surface area contributed by atoms with Gasteiger partial charge in [-0.15, -0.1) is 24.0 Å². The molecular weight excluding hydrogens is 429 g/mol. The third kappa shape index (κ3) is 7.87. The molecule has 0 amide bonds. The van der Waals surface area contributed by atoms with Crippen LogP contribution in [0, 0.1) is 0 Å². The summed E-state index contributed by atoms with van der Waals surface area (Å²) in [6, 6.07) is 10.1. The average molecular weight is 457 g/mol. The predicted octanol–water partition coefficient (Wildman–Crippen LogP) is 2.62. The molecule has 7 heteroatoms. The maximum Gasteiger partial charge on any atom is 0.191 e. The first-order chi connectivity index (χ1) is 11.8. The molecule has 6 nitrogen and oxygen atoms in total. The van der Waals surface area contributed by atoms with E-state index in [9.17, 15) is 0 Å². The van der Waals surface area contributed by atoms with Crippen LogP contribution >= 0.6 is 24.0 Å². The van der Waals surface area contributed by atoms with Gasteiger partial charge in [0.15, 0.2) is 5.96 Å². The molecule has 2 aromatic rings. The molecule has 0 aliphatic carbocycles. The van der Waals surface area contributed by atoms with Gasteiger partial charge in [-0.1, -0.05) is 18.2 Å². The minimum absolute atomic E-state index is 0. The van der Waals surface area contributed by atoms with Crippen molar-refractivity contribution < 1.29 is 4.74 Å². The Morgan fingerprint density at radius 1 is 1.24 bits per heavy atom. The summed E-state index contributed by atoms with van der Waals surface area (Å²) in [5.41, 5.74) is 2.27. The van der Waals surface area contributed by atoms with E-state index in [1.165, 1.54) is 5.56 Å². The number of methoxy groups -OCH3 is 1. The van der Waals surface area contributed by atoms with Gasteiger partial charge in [-0.25, -0.2) is 4.68 Å². The Morgan fingerprint density at radius 3 is 2.76 bits per heavy atom. The molecule has 0 saturated carbocycles. The number of aliphatic imine (C=N–C) groups is 1. The molecule has 0 unspecified atom stereocenters. The van der Waals surface area contributed by atoms with Crippen LogP contribution < -0.4 is 10.6 Å². The lowest BCUT2D eigenvalue weighted by atomic mass is 10.2. The third-order valence-corrected chi connectivity index (χ3v) is 3.48. The SMILES string of the molecule is CCNC(=NCCCOC)NCCc1cnn(-c2ccccc2)c1.I. The maximum atomic E-state index is 5.04. The second-order valence-electron chi connectivity index (χ2n) is 5.41. The number of ether oxygens (including phenoxy) is 1. The van der Waals surface area contributed by atoms with Crippen molar-refractivity contribution in [2.45, 2.75) is 19.8 Å². The lowest BCUT2D eigenvalue weighted by Crippen LogP contribution is -2.38. The number of nitrogens with zero attached hydrogens (tertiary/aromatic N) is 3. The first-order valence-corrected chi connectivity index (χ1v) is 8.43. The summed E-state index contributed by atoms with van der Waals surface area (Å²) in [6.45, 7) is 5.23. The molecule has 0 saturated heterocycles. The van der Waals surface area contributed by atoms with E-state index in [2.05, 4.69) is 33.8 Å². The Hall–Kier alpha value is -1.61. The zero-order chi connectivity index (χ0) is 17.0. The minimum atomic E-state index is 0. The summed E-state index contributed by atoms with van der Waals surface area (Å²) in [6.07, 6.45) is 5.81. The van der Waals surface area contributed by atoms with E-state index in [0.29, 0.717) is 0 Å². The van der Waals surface area contributed by atoms with Crippen molar-refractivity contribution in [1.82, 2.24) is 20.4 Å².